The summed E-state index contributed by atoms with van der Waals surface area (Å²) in [5, 5.41) is 12.5. The molecule has 2 unspecified atom stereocenters. The van der Waals surface area contributed by atoms with Gasteiger partial charge in [-0.25, -0.2) is 0 Å². The fraction of sp³-hybridized carbons (Fsp3) is 0.208. The van der Waals surface area contributed by atoms with E-state index >= 15 is 0 Å². The fourth-order valence-electron chi connectivity index (χ4n) is 4.01. The highest BCUT2D eigenvalue weighted by Gasteiger charge is 2.52. The van der Waals surface area contributed by atoms with E-state index < -0.39 is 11.7 Å². The lowest BCUT2D eigenvalue weighted by molar-refractivity contribution is -0.145. The average molecular weight is 424 g/mol. The summed E-state index contributed by atoms with van der Waals surface area (Å²) in [6, 6.07) is 21.7. The van der Waals surface area contributed by atoms with Gasteiger partial charge < -0.3 is 19.5 Å². The highest BCUT2D eigenvalue weighted by molar-refractivity contribution is 6.30. The number of nitrogens with zero attached hydrogens (tertiary/aromatic N) is 1. The Balaban J connectivity index is 1.91. The van der Waals surface area contributed by atoms with Gasteiger partial charge in [0, 0.05) is 17.7 Å². The third-order valence-electron chi connectivity index (χ3n) is 5.45. The Morgan fingerprint density at radius 3 is 2.47 bits per heavy atom. The molecule has 154 valence electrons. The Labute approximate surface area is 180 Å². The number of aliphatic hydroxyl groups is 1. The predicted octanol–water partition coefficient (Wildman–Crippen LogP) is 4.15. The van der Waals surface area contributed by atoms with Crippen LogP contribution in [0.4, 0.5) is 5.69 Å². The zero-order chi connectivity index (χ0) is 21.3. The first-order valence-corrected chi connectivity index (χ1v) is 9.92. The standard InChI is InChI=1S/C24H22ClNO4/c1-29-19-11-12-21-20(14-19)24(28,17-8-4-3-5-9-17)22(30-2)23(27)26(21)15-16-7-6-10-18(25)13-16/h3-14,22,28H,15H2,1-2H3. The van der Waals surface area contributed by atoms with Gasteiger partial charge in [0.1, 0.15) is 5.75 Å². The van der Waals surface area contributed by atoms with Crippen LogP contribution in [0.5, 0.6) is 5.75 Å². The van der Waals surface area contributed by atoms with Crippen LogP contribution in [0.15, 0.2) is 72.8 Å². The maximum atomic E-state index is 13.5. The summed E-state index contributed by atoms with van der Waals surface area (Å²) in [5.41, 5.74) is 0.920. The first-order chi connectivity index (χ1) is 14.5. The summed E-state index contributed by atoms with van der Waals surface area (Å²) in [7, 11) is 2.99. The predicted molar refractivity (Wildman–Crippen MR) is 116 cm³/mol. The van der Waals surface area contributed by atoms with Gasteiger partial charge in [-0.05, 0) is 41.5 Å². The molecule has 0 aliphatic carbocycles. The molecule has 0 fully saturated rings. The summed E-state index contributed by atoms with van der Waals surface area (Å²) in [6.07, 6.45) is -1.13. The second-order valence-corrected chi connectivity index (χ2v) is 7.62. The van der Waals surface area contributed by atoms with Crippen LogP contribution in [0, 0.1) is 0 Å². The molecular formula is C24H22ClNO4. The summed E-state index contributed by atoms with van der Waals surface area (Å²) >= 11 is 6.14. The summed E-state index contributed by atoms with van der Waals surface area (Å²) in [4.78, 5) is 15.1. The van der Waals surface area contributed by atoms with Gasteiger partial charge in [-0.2, -0.15) is 0 Å². The number of carbonyl (C=O) groups excluding carboxylic acids is 1. The molecule has 4 rings (SSSR count). The Morgan fingerprint density at radius 2 is 1.80 bits per heavy atom. The number of ether oxygens (including phenoxy) is 2. The summed E-state index contributed by atoms with van der Waals surface area (Å²) in [5.74, 6) is 0.247. The molecule has 1 N–H and O–H groups in total. The van der Waals surface area contributed by atoms with Gasteiger partial charge in [0.05, 0.1) is 19.3 Å². The lowest BCUT2D eigenvalue weighted by Crippen LogP contribution is -2.57. The number of methoxy groups -OCH3 is 2. The van der Waals surface area contributed by atoms with Crippen LogP contribution in [0.3, 0.4) is 0 Å². The van der Waals surface area contributed by atoms with Crippen molar-refractivity contribution in [1.82, 2.24) is 0 Å². The van der Waals surface area contributed by atoms with Gasteiger partial charge in [-0.1, -0.05) is 54.1 Å². The molecule has 3 aromatic rings. The van der Waals surface area contributed by atoms with Crippen LogP contribution >= 0.6 is 11.6 Å². The molecule has 5 nitrogen and oxygen atoms in total. The number of benzene rings is 3. The van der Waals surface area contributed by atoms with Crippen molar-refractivity contribution < 1.29 is 19.4 Å². The maximum Gasteiger partial charge on any atom is 0.260 e. The first kappa shape index (κ1) is 20.4. The minimum Gasteiger partial charge on any atom is -0.497 e. The van der Waals surface area contributed by atoms with Crippen LogP contribution in [-0.4, -0.2) is 31.3 Å². The van der Waals surface area contributed by atoms with Gasteiger partial charge in [0.15, 0.2) is 11.7 Å². The monoisotopic (exact) mass is 423 g/mol. The maximum absolute atomic E-state index is 13.5. The lowest BCUT2D eigenvalue weighted by Gasteiger charge is -2.44. The van der Waals surface area contributed by atoms with E-state index in [4.69, 9.17) is 21.1 Å². The SMILES string of the molecule is COc1ccc2c(c1)C(O)(c1ccccc1)C(OC)C(=O)N2Cc1cccc(Cl)c1. The molecule has 1 heterocycles. The Hall–Kier alpha value is -2.86. The minimum atomic E-state index is -1.66. The molecule has 0 spiro atoms. The van der Waals surface area contributed by atoms with Gasteiger partial charge in [-0.3, -0.25) is 4.79 Å². The van der Waals surface area contributed by atoms with E-state index in [0.717, 1.165) is 5.56 Å². The Bertz CT molecular complexity index is 1070. The highest BCUT2D eigenvalue weighted by Crippen LogP contribution is 2.46. The van der Waals surface area contributed by atoms with E-state index in [9.17, 15) is 9.90 Å². The molecule has 0 saturated heterocycles. The number of hydrogen-bond acceptors (Lipinski definition) is 4. The smallest absolute Gasteiger partial charge is 0.260 e. The molecule has 3 aromatic carbocycles. The van der Waals surface area contributed by atoms with Crippen molar-refractivity contribution in [3.05, 3.63) is 94.5 Å². The molecule has 1 aliphatic heterocycles. The van der Waals surface area contributed by atoms with E-state index in [-0.39, 0.29) is 5.91 Å². The second-order valence-electron chi connectivity index (χ2n) is 7.19. The molecule has 30 heavy (non-hydrogen) atoms. The third-order valence-corrected chi connectivity index (χ3v) is 5.69. The number of fused-ring (bicyclic) bond motifs is 1. The molecule has 0 radical (unpaired) electrons. The molecule has 1 amide bonds. The van der Waals surface area contributed by atoms with E-state index in [1.165, 1.54) is 7.11 Å². The van der Waals surface area contributed by atoms with Crippen molar-refractivity contribution >= 4 is 23.2 Å². The van der Waals surface area contributed by atoms with Crippen LogP contribution in [0.2, 0.25) is 5.02 Å². The van der Waals surface area contributed by atoms with Crippen molar-refractivity contribution in [2.75, 3.05) is 19.1 Å². The van der Waals surface area contributed by atoms with Crippen molar-refractivity contribution in [3.63, 3.8) is 0 Å². The van der Waals surface area contributed by atoms with Crippen molar-refractivity contribution in [3.8, 4) is 5.75 Å². The molecule has 0 aromatic heterocycles. The fourth-order valence-corrected chi connectivity index (χ4v) is 4.23. The molecule has 0 saturated carbocycles. The van der Waals surface area contributed by atoms with Crippen molar-refractivity contribution in [2.45, 2.75) is 18.2 Å². The number of rotatable bonds is 5. The van der Waals surface area contributed by atoms with Crippen LogP contribution in [0.25, 0.3) is 0 Å². The minimum absolute atomic E-state index is 0.295. The first-order valence-electron chi connectivity index (χ1n) is 9.54. The van der Waals surface area contributed by atoms with Gasteiger partial charge in [-0.15, -0.1) is 0 Å². The lowest BCUT2D eigenvalue weighted by atomic mass is 9.77. The average Bonchev–Trinajstić information content (AvgIpc) is 2.77. The van der Waals surface area contributed by atoms with Crippen LogP contribution < -0.4 is 9.64 Å². The second kappa shape index (κ2) is 8.11. The van der Waals surface area contributed by atoms with E-state index in [1.807, 2.05) is 36.4 Å². The van der Waals surface area contributed by atoms with Gasteiger partial charge in [0.2, 0.25) is 0 Å². The molecule has 0 bridgehead atoms. The number of amides is 1. The van der Waals surface area contributed by atoms with Gasteiger partial charge >= 0.3 is 0 Å². The van der Waals surface area contributed by atoms with E-state index in [1.54, 1.807) is 48.4 Å². The third kappa shape index (κ3) is 3.35. The molecule has 1 aliphatic rings. The topological polar surface area (TPSA) is 59.0 Å². The number of carbonyl (C=O) groups is 1. The number of anilines is 1. The molecule has 6 heteroatoms. The normalized spacial score (nSPS) is 20.7. The van der Waals surface area contributed by atoms with Crippen LogP contribution in [0.1, 0.15) is 16.7 Å². The van der Waals surface area contributed by atoms with Gasteiger partial charge in [0.25, 0.3) is 5.91 Å². The zero-order valence-electron chi connectivity index (χ0n) is 16.7. The Kier molecular flexibility index (Phi) is 5.52. The summed E-state index contributed by atoms with van der Waals surface area (Å²) in [6.45, 7) is 0.295. The Morgan fingerprint density at radius 1 is 1.03 bits per heavy atom. The van der Waals surface area contributed by atoms with Crippen molar-refractivity contribution in [1.29, 1.82) is 0 Å². The zero-order valence-corrected chi connectivity index (χ0v) is 17.5. The quantitative estimate of drug-likeness (QED) is 0.669. The molecule has 2 atom stereocenters. The summed E-state index contributed by atoms with van der Waals surface area (Å²) < 4.78 is 11.0. The highest BCUT2D eigenvalue weighted by atomic mass is 35.5. The molecular weight excluding hydrogens is 402 g/mol. The number of hydrogen-bond donors (Lipinski definition) is 1. The van der Waals surface area contributed by atoms with E-state index in [2.05, 4.69) is 0 Å². The number of halogens is 1. The van der Waals surface area contributed by atoms with Crippen molar-refractivity contribution in [2.24, 2.45) is 0 Å². The largest absolute Gasteiger partial charge is 0.497 e. The van der Waals surface area contributed by atoms with Crippen LogP contribution in [-0.2, 0) is 21.7 Å². The van der Waals surface area contributed by atoms with E-state index in [0.29, 0.717) is 34.1 Å².